The molecule has 1 amide bonds. The zero-order valence-corrected chi connectivity index (χ0v) is 9.03. The molecule has 3 N–H and O–H groups in total. The predicted molar refractivity (Wildman–Crippen MR) is 57.2 cm³/mol. The fourth-order valence-electron chi connectivity index (χ4n) is 1.91. The molecule has 5 heteroatoms. The Bertz CT molecular complexity index is 363. The van der Waals surface area contributed by atoms with Gasteiger partial charge in [-0.05, 0) is 11.8 Å². The number of nitrogen functional groups attached to an aromatic ring is 1. The summed E-state index contributed by atoms with van der Waals surface area (Å²) in [5.41, 5.74) is 5.94. The summed E-state index contributed by atoms with van der Waals surface area (Å²) in [6, 6.07) is 1.58. The average Bonchev–Trinajstić information content (AvgIpc) is 2.74. The molecule has 15 heavy (non-hydrogen) atoms. The van der Waals surface area contributed by atoms with Crippen molar-refractivity contribution in [3.05, 3.63) is 11.8 Å². The lowest BCUT2D eigenvalue weighted by molar-refractivity contribution is 0.0779. The van der Waals surface area contributed by atoms with Crippen molar-refractivity contribution in [1.29, 1.82) is 0 Å². The van der Waals surface area contributed by atoms with E-state index in [1.54, 1.807) is 6.07 Å². The van der Waals surface area contributed by atoms with E-state index in [-0.39, 0.29) is 5.91 Å². The summed E-state index contributed by atoms with van der Waals surface area (Å²) in [5.74, 6) is 1.48. The van der Waals surface area contributed by atoms with E-state index < -0.39 is 0 Å². The number of likely N-dealkylation sites (tertiary alicyclic amines) is 1. The van der Waals surface area contributed by atoms with Crippen molar-refractivity contribution in [2.45, 2.75) is 13.8 Å². The van der Waals surface area contributed by atoms with Gasteiger partial charge in [-0.1, -0.05) is 13.8 Å². The molecule has 2 rings (SSSR count). The van der Waals surface area contributed by atoms with Crippen LogP contribution in [0.4, 0.5) is 5.82 Å². The van der Waals surface area contributed by atoms with Crippen molar-refractivity contribution in [2.75, 3.05) is 18.8 Å². The number of H-pyrrole nitrogens is 1. The largest absolute Gasteiger partial charge is 0.382 e. The Balaban J connectivity index is 2.10. The van der Waals surface area contributed by atoms with Crippen LogP contribution in [0.3, 0.4) is 0 Å². The number of aromatic amines is 1. The molecule has 2 unspecified atom stereocenters. The van der Waals surface area contributed by atoms with Crippen LogP contribution in [-0.4, -0.2) is 34.1 Å². The van der Waals surface area contributed by atoms with Crippen LogP contribution in [0, 0.1) is 11.8 Å². The van der Waals surface area contributed by atoms with Crippen molar-refractivity contribution in [2.24, 2.45) is 11.8 Å². The maximum absolute atomic E-state index is 12.0. The van der Waals surface area contributed by atoms with Gasteiger partial charge in [0.15, 0.2) is 0 Å². The highest BCUT2D eigenvalue weighted by molar-refractivity contribution is 5.93. The second-order valence-corrected chi connectivity index (χ2v) is 4.37. The van der Waals surface area contributed by atoms with Crippen molar-refractivity contribution in [1.82, 2.24) is 15.1 Å². The molecule has 1 aliphatic rings. The Hall–Kier alpha value is -1.52. The molecule has 1 aromatic heterocycles. The summed E-state index contributed by atoms with van der Waals surface area (Å²) in [6.45, 7) is 5.97. The number of rotatable bonds is 1. The van der Waals surface area contributed by atoms with Crippen molar-refractivity contribution < 1.29 is 4.79 Å². The van der Waals surface area contributed by atoms with Crippen molar-refractivity contribution >= 4 is 11.7 Å². The molecular formula is C10H16N4O. The highest BCUT2D eigenvalue weighted by Crippen LogP contribution is 2.23. The van der Waals surface area contributed by atoms with Crippen LogP contribution < -0.4 is 5.73 Å². The standard InChI is InChI=1S/C10H16N4O/c1-6-4-14(5-7(6)2)10(15)8-3-9(11)13-12-8/h3,6-7H,4-5H2,1-2H3,(H3,11,12,13). The molecule has 0 saturated carbocycles. The monoisotopic (exact) mass is 208 g/mol. The number of amides is 1. The van der Waals surface area contributed by atoms with Gasteiger partial charge in [0, 0.05) is 19.2 Å². The normalized spacial score (nSPS) is 25.9. The van der Waals surface area contributed by atoms with Gasteiger partial charge in [-0.15, -0.1) is 0 Å². The molecule has 1 aromatic rings. The lowest BCUT2D eigenvalue weighted by Crippen LogP contribution is -2.29. The summed E-state index contributed by atoms with van der Waals surface area (Å²) >= 11 is 0. The van der Waals surface area contributed by atoms with Gasteiger partial charge in [-0.2, -0.15) is 5.10 Å². The average molecular weight is 208 g/mol. The first-order valence-corrected chi connectivity index (χ1v) is 5.18. The molecule has 0 aromatic carbocycles. The molecule has 5 nitrogen and oxygen atoms in total. The Morgan fingerprint density at radius 2 is 2.13 bits per heavy atom. The van der Waals surface area contributed by atoms with Crippen molar-refractivity contribution in [3.63, 3.8) is 0 Å². The van der Waals surface area contributed by atoms with Gasteiger partial charge in [0.25, 0.3) is 5.91 Å². The first-order valence-electron chi connectivity index (χ1n) is 5.18. The third kappa shape index (κ3) is 1.82. The molecule has 2 heterocycles. The molecule has 1 saturated heterocycles. The Labute approximate surface area is 88.6 Å². The van der Waals surface area contributed by atoms with E-state index in [2.05, 4.69) is 24.0 Å². The van der Waals surface area contributed by atoms with Gasteiger partial charge in [-0.3, -0.25) is 9.89 Å². The zero-order valence-electron chi connectivity index (χ0n) is 9.03. The smallest absolute Gasteiger partial charge is 0.271 e. The number of anilines is 1. The third-order valence-corrected chi connectivity index (χ3v) is 3.10. The number of nitrogens with zero attached hydrogens (tertiary/aromatic N) is 2. The van der Waals surface area contributed by atoms with E-state index in [0.29, 0.717) is 23.3 Å². The second kappa shape index (κ2) is 3.56. The van der Waals surface area contributed by atoms with Crippen LogP contribution in [0.2, 0.25) is 0 Å². The van der Waals surface area contributed by atoms with Gasteiger partial charge < -0.3 is 10.6 Å². The third-order valence-electron chi connectivity index (χ3n) is 3.10. The summed E-state index contributed by atoms with van der Waals surface area (Å²) in [7, 11) is 0. The molecule has 2 atom stereocenters. The first kappa shape index (κ1) is 10.0. The van der Waals surface area contributed by atoms with E-state index >= 15 is 0 Å². The Kier molecular flexibility index (Phi) is 2.38. The van der Waals surface area contributed by atoms with Gasteiger partial charge in [0.05, 0.1) is 0 Å². The van der Waals surface area contributed by atoms with Gasteiger partial charge in [-0.25, -0.2) is 0 Å². The molecular weight excluding hydrogens is 192 g/mol. The summed E-state index contributed by atoms with van der Waals surface area (Å²) < 4.78 is 0. The lowest BCUT2D eigenvalue weighted by Gasteiger charge is -2.14. The molecule has 0 radical (unpaired) electrons. The van der Waals surface area contributed by atoms with Crippen LogP contribution in [-0.2, 0) is 0 Å². The number of nitrogens with one attached hydrogen (secondary N) is 1. The second-order valence-electron chi connectivity index (χ2n) is 4.37. The van der Waals surface area contributed by atoms with Gasteiger partial charge in [0.2, 0.25) is 0 Å². The van der Waals surface area contributed by atoms with Crippen LogP contribution in [0.1, 0.15) is 24.3 Å². The van der Waals surface area contributed by atoms with E-state index in [1.165, 1.54) is 0 Å². The van der Waals surface area contributed by atoms with E-state index in [0.717, 1.165) is 13.1 Å². The quantitative estimate of drug-likeness (QED) is 0.714. The fourth-order valence-corrected chi connectivity index (χ4v) is 1.91. The van der Waals surface area contributed by atoms with Crippen molar-refractivity contribution in [3.8, 4) is 0 Å². The molecule has 0 spiro atoms. The highest BCUT2D eigenvalue weighted by Gasteiger charge is 2.30. The van der Waals surface area contributed by atoms with E-state index in [4.69, 9.17) is 5.73 Å². The van der Waals surface area contributed by atoms with Gasteiger partial charge >= 0.3 is 0 Å². The predicted octanol–water partition coefficient (Wildman–Crippen LogP) is 0.720. The number of carbonyl (C=O) groups is 1. The highest BCUT2D eigenvalue weighted by atomic mass is 16.2. The number of nitrogens with two attached hydrogens (primary N) is 1. The summed E-state index contributed by atoms with van der Waals surface area (Å²) in [6.07, 6.45) is 0. The Morgan fingerprint density at radius 1 is 1.53 bits per heavy atom. The van der Waals surface area contributed by atoms with Crippen LogP contribution >= 0.6 is 0 Å². The SMILES string of the molecule is CC1CN(C(=O)c2cc(N)n[nH]2)CC1C. The minimum Gasteiger partial charge on any atom is -0.382 e. The summed E-state index contributed by atoms with van der Waals surface area (Å²) in [4.78, 5) is 13.8. The fraction of sp³-hybridized carbons (Fsp3) is 0.600. The van der Waals surface area contributed by atoms with Crippen LogP contribution in [0.5, 0.6) is 0 Å². The zero-order chi connectivity index (χ0) is 11.0. The topological polar surface area (TPSA) is 75.0 Å². The number of hydrogen-bond acceptors (Lipinski definition) is 3. The number of aromatic nitrogens is 2. The number of carbonyl (C=O) groups excluding carboxylic acids is 1. The molecule has 0 aliphatic carbocycles. The van der Waals surface area contributed by atoms with Gasteiger partial charge in [0.1, 0.15) is 11.5 Å². The molecule has 0 bridgehead atoms. The molecule has 82 valence electrons. The Morgan fingerprint density at radius 3 is 2.60 bits per heavy atom. The molecule has 1 fully saturated rings. The van der Waals surface area contributed by atoms with Crippen LogP contribution in [0.15, 0.2) is 6.07 Å². The van der Waals surface area contributed by atoms with E-state index in [9.17, 15) is 4.79 Å². The maximum Gasteiger partial charge on any atom is 0.271 e. The number of hydrogen-bond donors (Lipinski definition) is 2. The lowest BCUT2D eigenvalue weighted by atomic mass is 10.0. The van der Waals surface area contributed by atoms with Crippen LogP contribution in [0.25, 0.3) is 0 Å². The van der Waals surface area contributed by atoms with E-state index in [1.807, 2.05) is 4.90 Å². The minimum atomic E-state index is -0.00426. The minimum absolute atomic E-state index is 0.00426. The molecule has 1 aliphatic heterocycles. The maximum atomic E-state index is 12.0. The summed E-state index contributed by atoms with van der Waals surface area (Å²) in [5, 5.41) is 6.40. The first-order chi connectivity index (χ1) is 7.08.